The fourth-order valence-electron chi connectivity index (χ4n) is 4.63. The monoisotopic (exact) mass is 757 g/mol. The van der Waals surface area contributed by atoms with Crippen molar-refractivity contribution in [2.24, 2.45) is 0 Å². The molecule has 202 valence electrons. The number of hydrogen-bond donors (Lipinski definition) is 0. The molecule has 0 saturated carbocycles. The third-order valence-corrected chi connectivity index (χ3v) is 11.8. The molecular formula is C36H33ClP2Pt+2. The molecule has 0 atom stereocenters. The van der Waals surface area contributed by atoms with E-state index < -0.39 is 15.8 Å². The topological polar surface area (TPSA) is 0 Å². The molecule has 6 aromatic carbocycles. The minimum atomic E-state index is -0.877. The summed E-state index contributed by atoms with van der Waals surface area (Å²) in [5.74, 6) is 0. The van der Waals surface area contributed by atoms with Gasteiger partial charge >= 0.3 is 28.2 Å². The molecule has 0 amide bonds. The van der Waals surface area contributed by atoms with Gasteiger partial charge < -0.3 is 0 Å². The van der Waals surface area contributed by atoms with Gasteiger partial charge in [-0.15, -0.1) is 0 Å². The molecule has 6 aromatic rings. The summed E-state index contributed by atoms with van der Waals surface area (Å²) in [6.45, 7) is 0. The van der Waals surface area contributed by atoms with Gasteiger partial charge in [0.2, 0.25) is 0 Å². The standard InChI is InChI=1S/2C18H15P.ClH.Pt.H/c2*1-4-10-16(11-5-1)19(17-12-6-2-7-13-17)18-14-8-3-9-15-18;;;/h2*1-15H;1H;;/q;;;+1;/p+1. The predicted octanol–water partition coefficient (Wildman–Crippen LogP) is 6.77. The molecule has 0 N–H and O–H groups in total. The minimum absolute atomic E-state index is 0.877. The molecule has 0 fully saturated rings. The van der Waals surface area contributed by atoms with Crippen LogP contribution in [0.4, 0.5) is 0 Å². The third kappa shape index (κ3) is 8.58. The van der Waals surface area contributed by atoms with E-state index in [0.717, 1.165) is 0 Å². The SMILES string of the molecule is [Cl][PtH].c1ccc([PH+](c2ccccc2)c2ccccc2)cc1.c1ccc([PH+](c2ccccc2)c2ccccc2)cc1. The second kappa shape index (κ2) is 17.1. The van der Waals surface area contributed by atoms with Crippen LogP contribution in [0, 0.1) is 0 Å². The second-order valence-corrected chi connectivity index (χ2v) is 13.9. The Bertz CT molecular complexity index is 1180. The molecule has 0 unspecified atom stereocenters. The largest absolute Gasteiger partial charge is 0.102 e. The molecule has 0 radical (unpaired) electrons. The zero-order valence-corrected chi connectivity index (χ0v) is 27.2. The van der Waals surface area contributed by atoms with E-state index in [9.17, 15) is 0 Å². The number of halogens is 1. The first kappa shape index (κ1) is 30.1. The molecule has 0 aliphatic rings. The minimum Gasteiger partial charge on any atom is -0.0620 e. The first-order valence-corrected chi connectivity index (χ1v) is 19.1. The average Bonchev–Trinajstić information content (AvgIpc) is 3.06. The number of hydrogen-bond acceptors (Lipinski definition) is 0. The van der Waals surface area contributed by atoms with E-state index in [1.165, 1.54) is 50.6 Å². The molecule has 0 aliphatic carbocycles. The normalized spacial score (nSPS) is 10.2. The van der Waals surface area contributed by atoms with E-state index in [4.69, 9.17) is 0 Å². The van der Waals surface area contributed by atoms with Crippen LogP contribution in [0.3, 0.4) is 0 Å². The van der Waals surface area contributed by atoms with Crippen LogP contribution in [0.1, 0.15) is 0 Å². The molecule has 40 heavy (non-hydrogen) atoms. The first-order chi connectivity index (χ1) is 19.9. The summed E-state index contributed by atoms with van der Waals surface area (Å²) in [6, 6.07) is 65.0. The summed E-state index contributed by atoms with van der Waals surface area (Å²) in [4.78, 5) is 0. The van der Waals surface area contributed by atoms with Gasteiger partial charge in [0.15, 0.2) is 0 Å². The Labute approximate surface area is 256 Å². The van der Waals surface area contributed by atoms with Gasteiger partial charge in [0.1, 0.15) is 31.8 Å². The van der Waals surface area contributed by atoms with E-state index in [1.807, 2.05) is 0 Å². The molecule has 6 rings (SSSR count). The van der Waals surface area contributed by atoms with Crippen LogP contribution in [0.15, 0.2) is 182 Å². The predicted molar refractivity (Wildman–Crippen MR) is 180 cm³/mol. The van der Waals surface area contributed by atoms with Crippen LogP contribution < -0.4 is 31.8 Å². The fourth-order valence-corrected chi connectivity index (χ4v) is 9.78. The summed E-state index contributed by atoms with van der Waals surface area (Å²) in [5.41, 5.74) is 0. The van der Waals surface area contributed by atoms with E-state index in [2.05, 4.69) is 191 Å². The fraction of sp³-hybridized carbons (Fsp3) is 0. The van der Waals surface area contributed by atoms with Crippen molar-refractivity contribution >= 4 is 57.1 Å². The van der Waals surface area contributed by atoms with Gasteiger partial charge in [-0.1, -0.05) is 109 Å². The second-order valence-electron chi connectivity index (χ2n) is 8.95. The van der Waals surface area contributed by atoms with Gasteiger partial charge in [-0.05, 0) is 72.8 Å². The van der Waals surface area contributed by atoms with Crippen molar-refractivity contribution in [1.82, 2.24) is 0 Å². The van der Waals surface area contributed by atoms with Gasteiger partial charge in [0.05, 0.1) is 15.8 Å². The summed E-state index contributed by atoms with van der Waals surface area (Å²) >= 11 is 1.47. The van der Waals surface area contributed by atoms with E-state index in [-0.39, 0.29) is 0 Å². The number of benzene rings is 6. The zero-order valence-electron chi connectivity index (χ0n) is 22.0. The smallest absolute Gasteiger partial charge is 0.0620 e. The first-order valence-electron chi connectivity index (χ1n) is 13.1. The molecule has 0 spiro atoms. The van der Waals surface area contributed by atoms with Gasteiger partial charge in [0.25, 0.3) is 0 Å². The van der Waals surface area contributed by atoms with E-state index in [1.54, 1.807) is 0 Å². The van der Waals surface area contributed by atoms with Gasteiger partial charge in [0, 0.05) is 0 Å². The van der Waals surface area contributed by atoms with Crippen LogP contribution in [-0.2, 0) is 18.8 Å². The quantitative estimate of drug-likeness (QED) is 0.165. The molecule has 0 heterocycles. The van der Waals surface area contributed by atoms with Gasteiger partial charge in [-0.3, -0.25) is 0 Å². The van der Waals surface area contributed by atoms with Gasteiger partial charge in [-0.25, -0.2) is 0 Å². The third-order valence-electron chi connectivity index (χ3n) is 6.37. The van der Waals surface area contributed by atoms with Crippen molar-refractivity contribution in [1.29, 1.82) is 0 Å². The summed E-state index contributed by atoms with van der Waals surface area (Å²) in [7, 11) is 2.88. The molecule has 0 aliphatic heterocycles. The Balaban J connectivity index is 0.000000174. The Morgan fingerprint density at radius 3 is 0.500 bits per heavy atom. The van der Waals surface area contributed by atoms with Crippen LogP contribution in [-0.4, -0.2) is 0 Å². The molecule has 0 nitrogen and oxygen atoms in total. The molecular weight excluding hydrogens is 725 g/mol. The van der Waals surface area contributed by atoms with Crippen molar-refractivity contribution < 1.29 is 18.8 Å². The maximum Gasteiger partial charge on any atom is 0.102 e. The van der Waals surface area contributed by atoms with Crippen LogP contribution >= 0.6 is 25.3 Å². The van der Waals surface area contributed by atoms with Crippen LogP contribution in [0.25, 0.3) is 0 Å². The Kier molecular flexibility index (Phi) is 12.9. The summed E-state index contributed by atoms with van der Waals surface area (Å²) < 4.78 is 0. The van der Waals surface area contributed by atoms with Crippen molar-refractivity contribution in [3.05, 3.63) is 182 Å². The maximum atomic E-state index is 4.64. The van der Waals surface area contributed by atoms with Crippen molar-refractivity contribution in [2.75, 3.05) is 0 Å². The van der Waals surface area contributed by atoms with Crippen molar-refractivity contribution in [3.63, 3.8) is 0 Å². The molecule has 0 aromatic heterocycles. The Hall–Kier alpha value is -2.84. The van der Waals surface area contributed by atoms with Crippen LogP contribution in [0.5, 0.6) is 0 Å². The summed E-state index contributed by atoms with van der Waals surface area (Å²) in [5, 5.41) is 8.61. The van der Waals surface area contributed by atoms with Crippen molar-refractivity contribution in [3.8, 4) is 0 Å². The number of rotatable bonds is 6. The Morgan fingerprint density at radius 1 is 0.250 bits per heavy atom. The molecule has 0 bridgehead atoms. The van der Waals surface area contributed by atoms with Crippen LogP contribution in [0.2, 0.25) is 0 Å². The molecule has 0 saturated heterocycles. The average molecular weight is 758 g/mol. The summed E-state index contributed by atoms with van der Waals surface area (Å²) in [6.07, 6.45) is 0. The Morgan fingerprint density at radius 2 is 0.375 bits per heavy atom. The van der Waals surface area contributed by atoms with Crippen molar-refractivity contribution in [2.45, 2.75) is 0 Å². The molecule has 4 heteroatoms. The van der Waals surface area contributed by atoms with E-state index >= 15 is 0 Å². The maximum absolute atomic E-state index is 4.64. The van der Waals surface area contributed by atoms with Gasteiger partial charge in [-0.2, -0.15) is 0 Å². The van der Waals surface area contributed by atoms with E-state index in [0.29, 0.717) is 0 Å². The zero-order chi connectivity index (χ0) is 27.8.